The first kappa shape index (κ1) is 52.5. The molecule has 4 unspecified atom stereocenters. The van der Waals surface area contributed by atoms with Crippen LogP contribution in [0.2, 0.25) is 0 Å². The van der Waals surface area contributed by atoms with Gasteiger partial charge in [0.25, 0.3) is 0 Å². The van der Waals surface area contributed by atoms with Crippen LogP contribution < -0.4 is 13.6 Å². The van der Waals surface area contributed by atoms with Gasteiger partial charge in [0.1, 0.15) is 0 Å². The summed E-state index contributed by atoms with van der Waals surface area (Å²) in [7, 11) is 16.9. The van der Waals surface area contributed by atoms with E-state index >= 15 is 0 Å². The van der Waals surface area contributed by atoms with Gasteiger partial charge < -0.3 is 0 Å². The molecule has 4 atom stereocenters. The Hall–Kier alpha value is -4.36. The molecule has 0 N–H and O–H groups in total. The molecule has 72 heavy (non-hydrogen) atoms. The van der Waals surface area contributed by atoms with Crippen molar-refractivity contribution in [1.82, 2.24) is 0 Å². The fourth-order valence-electron chi connectivity index (χ4n) is 11.7. The number of aryl methyl sites for hydroxylation is 2. The van der Waals surface area contributed by atoms with Crippen LogP contribution in [-0.4, -0.2) is 9.52 Å². The van der Waals surface area contributed by atoms with E-state index in [1.807, 2.05) is 76.2 Å². The SMILES string of the molecule is CCC(C)C1=Cc2c(ccc(C)c2-c2cc(C(F)(F)F)cc(C(F)(F)F)c2)[CH]1[Zr]([Cl])([Cl])([c]1cccc2c1[SiH2]c1ccccc1-2)[CH]1C(C(C)CC)=Cc2c1ccc(C)c2-c1cc(C(F)(F)F)cc(C(F)(F)F)c1. The predicted molar refractivity (Wildman–Crippen MR) is 265 cm³/mol. The second kappa shape index (κ2) is 17.9. The second-order valence-electron chi connectivity index (χ2n) is 19.7. The standard InChI is InChI=1S/2C22H19F6.C12H9Si.2ClH.Zr/c2*1-4-12(2)15-7-14-6-5-13(3)20(19(14)10-15)16-8-17(21(23,24)25)11-18(9-16)22(26,27)28;1-3-7-11-9(5-1)10-6-2-4-8-12(10)13-11;;;/h2*5-12H,4H2,1-3H3;1-7H,13H2;2*1H;/q;;;;;+2/p-2. The van der Waals surface area contributed by atoms with E-state index in [-0.39, 0.29) is 46.2 Å². The molecule has 0 bridgehead atoms. The molecule has 377 valence electrons. The number of halogens is 14. The molecule has 0 nitrogen and oxygen atoms in total. The third kappa shape index (κ3) is 8.59. The Balaban J connectivity index is 1.41. The average molecular weight is 1140 g/mol. The van der Waals surface area contributed by atoms with Gasteiger partial charge in [-0.2, -0.15) is 0 Å². The van der Waals surface area contributed by atoms with Gasteiger partial charge in [-0.1, -0.05) is 0 Å². The van der Waals surface area contributed by atoms with Crippen LogP contribution in [0, 0.1) is 25.7 Å². The summed E-state index contributed by atoms with van der Waals surface area (Å²) < 4.78 is 173. The molecule has 0 radical (unpaired) electrons. The van der Waals surface area contributed by atoms with E-state index in [0.29, 0.717) is 49.5 Å². The maximum absolute atomic E-state index is 14.5. The van der Waals surface area contributed by atoms with Gasteiger partial charge in [-0.15, -0.1) is 0 Å². The van der Waals surface area contributed by atoms with Gasteiger partial charge in [-0.25, -0.2) is 0 Å². The minimum atomic E-state index is -6.61. The van der Waals surface area contributed by atoms with Crippen LogP contribution in [0.25, 0.3) is 45.5 Å². The Bertz CT molecular complexity index is 3040. The maximum atomic E-state index is 14.5. The Morgan fingerprint density at radius 1 is 0.514 bits per heavy atom. The topological polar surface area (TPSA) is 0 Å². The average Bonchev–Trinajstić information content (AvgIpc) is 4.02. The van der Waals surface area contributed by atoms with Gasteiger partial charge in [0.05, 0.1) is 0 Å². The monoisotopic (exact) mass is 1140 g/mol. The molecule has 1 heterocycles. The third-order valence-corrected chi connectivity index (χ3v) is 38.0. The van der Waals surface area contributed by atoms with E-state index in [0.717, 1.165) is 56.9 Å². The molecule has 1 aliphatic heterocycles. The molecule has 6 aromatic rings. The van der Waals surface area contributed by atoms with Crippen molar-refractivity contribution in [1.29, 1.82) is 0 Å². The molecule has 0 saturated carbocycles. The van der Waals surface area contributed by atoms with Crippen LogP contribution in [0.5, 0.6) is 0 Å². The first-order valence-corrected chi connectivity index (χ1v) is 35.4. The Kier molecular flexibility index (Phi) is 13.1. The molecule has 0 spiro atoms. The zero-order chi connectivity index (χ0) is 52.4. The number of benzene rings is 6. The summed E-state index contributed by atoms with van der Waals surface area (Å²) in [5.41, 5.74) is -0.277. The molecule has 0 fully saturated rings. The summed E-state index contributed by atoms with van der Waals surface area (Å²) in [5.74, 6) is -0.619. The van der Waals surface area contributed by atoms with Crippen molar-refractivity contribution < 1.29 is 69.1 Å². The van der Waals surface area contributed by atoms with Gasteiger partial charge in [0.15, 0.2) is 0 Å². The number of rotatable bonds is 9. The van der Waals surface area contributed by atoms with Crippen molar-refractivity contribution in [2.45, 2.75) is 86.3 Å². The fourth-order valence-corrected chi connectivity index (χ4v) is 39.7. The molecule has 0 saturated heterocycles. The molecule has 16 heteroatoms. The van der Waals surface area contributed by atoms with Crippen LogP contribution >= 0.6 is 17.0 Å². The Labute approximate surface area is 420 Å². The van der Waals surface area contributed by atoms with E-state index in [9.17, 15) is 52.7 Å². The molecule has 9 rings (SSSR count). The van der Waals surface area contributed by atoms with Crippen molar-refractivity contribution in [3.63, 3.8) is 0 Å². The van der Waals surface area contributed by atoms with Crippen LogP contribution in [0.3, 0.4) is 0 Å². The van der Waals surface area contributed by atoms with Crippen LogP contribution in [-0.2, 0) is 41.1 Å². The number of allylic oxidation sites excluding steroid dienone is 2. The summed E-state index contributed by atoms with van der Waals surface area (Å²) in [5, 5.41) is 2.11. The predicted octanol–water partition coefficient (Wildman–Crippen LogP) is 16.8. The van der Waals surface area contributed by atoms with Gasteiger partial charge in [0, 0.05) is 0 Å². The fraction of sp³-hybridized carbons (Fsp3) is 0.286. The molecule has 2 aliphatic carbocycles. The zero-order valence-corrected chi connectivity index (χ0v) is 45.1. The number of alkyl halides is 12. The number of fused-ring (bicyclic) bond motifs is 5. The van der Waals surface area contributed by atoms with E-state index < -0.39 is 80.1 Å². The molecule has 6 aromatic carbocycles. The van der Waals surface area contributed by atoms with Gasteiger partial charge >= 0.3 is 423 Å². The van der Waals surface area contributed by atoms with Crippen molar-refractivity contribution in [3.05, 3.63) is 170 Å². The molecular formula is C56H47Cl2F12SiZr. The normalized spacial score (nSPS) is 18.5. The molecule has 0 aromatic heterocycles. The molecule has 0 amide bonds. The van der Waals surface area contributed by atoms with Crippen molar-refractivity contribution in [2.24, 2.45) is 11.8 Å². The summed E-state index contributed by atoms with van der Waals surface area (Å²) >= 11 is -6.61. The summed E-state index contributed by atoms with van der Waals surface area (Å²) in [6.07, 6.45) is -15.8. The van der Waals surface area contributed by atoms with Gasteiger partial charge in [-0.05, 0) is 0 Å². The Morgan fingerprint density at radius 2 is 0.903 bits per heavy atom. The first-order valence-electron chi connectivity index (χ1n) is 23.6. The van der Waals surface area contributed by atoms with E-state index in [1.165, 1.54) is 0 Å². The minimum absolute atomic E-state index is 0.0939. The second-order valence-corrected chi connectivity index (χ2v) is 42.1. The van der Waals surface area contributed by atoms with Crippen molar-refractivity contribution >= 4 is 52.3 Å². The van der Waals surface area contributed by atoms with Crippen LogP contribution in [0.4, 0.5) is 52.7 Å². The van der Waals surface area contributed by atoms with E-state index in [1.54, 1.807) is 38.1 Å². The van der Waals surface area contributed by atoms with Crippen molar-refractivity contribution in [3.8, 4) is 33.4 Å². The van der Waals surface area contributed by atoms with Gasteiger partial charge in [0.2, 0.25) is 0 Å². The first-order chi connectivity index (χ1) is 33.5. The van der Waals surface area contributed by atoms with Crippen molar-refractivity contribution in [2.75, 3.05) is 0 Å². The van der Waals surface area contributed by atoms with Crippen LogP contribution in [0.15, 0.2) is 114 Å². The quantitative estimate of drug-likeness (QED) is 0.0998. The summed E-state index contributed by atoms with van der Waals surface area (Å²) in [4.78, 5) is 0. The summed E-state index contributed by atoms with van der Waals surface area (Å²) in [6, 6.07) is 23.8. The number of hydrogen-bond acceptors (Lipinski definition) is 0. The van der Waals surface area contributed by atoms with E-state index in [4.69, 9.17) is 17.0 Å². The Morgan fingerprint density at radius 3 is 1.29 bits per heavy atom. The zero-order valence-electron chi connectivity index (χ0n) is 39.7. The summed E-state index contributed by atoms with van der Waals surface area (Å²) in [6.45, 7) is 11.1. The van der Waals surface area contributed by atoms with Gasteiger partial charge in [-0.3, -0.25) is 0 Å². The van der Waals surface area contributed by atoms with E-state index in [2.05, 4.69) is 6.07 Å². The third-order valence-electron chi connectivity index (χ3n) is 15.4. The molecular weight excluding hydrogens is 1090 g/mol. The molecule has 3 aliphatic rings. The van der Waals surface area contributed by atoms with Crippen LogP contribution in [0.1, 0.15) is 103 Å². The number of hydrogen-bond donors (Lipinski definition) is 0.